The van der Waals surface area contributed by atoms with E-state index in [-0.39, 0.29) is 17.9 Å². The summed E-state index contributed by atoms with van der Waals surface area (Å²) in [5.41, 5.74) is 0. The molecule has 1 amide bonds. The summed E-state index contributed by atoms with van der Waals surface area (Å²) in [6.07, 6.45) is 3.06. The topological polar surface area (TPSA) is 42.0 Å². The van der Waals surface area contributed by atoms with Crippen molar-refractivity contribution in [3.8, 4) is 0 Å². The molecule has 0 spiro atoms. The first-order chi connectivity index (χ1) is 11.2. The molecule has 0 N–H and O–H groups in total. The number of fused-ring (bicyclic) bond motifs is 1. The number of amides is 1. The maximum Gasteiger partial charge on any atom is 0.250 e. The Hall–Kier alpha value is -0.950. The Kier molecular flexibility index (Phi) is 4.41. The lowest BCUT2D eigenvalue weighted by molar-refractivity contribution is -0.177. The monoisotopic (exact) mass is 336 g/mol. The normalized spacial score (nSPS) is 31.5. The van der Waals surface area contributed by atoms with Crippen molar-refractivity contribution in [3.63, 3.8) is 0 Å². The van der Waals surface area contributed by atoms with E-state index in [0.29, 0.717) is 12.6 Å². The molecule has 0 radical (unpaired) electrons. The molecule has 0 aromatic carbocycles. The average molecular weight is 336 g/mol. The maximum absolute atomic E-state index is 12.7. The molecule has 126 valence electrons. The van der Waals surface area contributed by atoms with Gasteiger partial charge in [0.15, 0.2) is 0 Å². The zero-order chi connectivity index (χ0) is 15.8. The number of carbonyl (C=O) groups is 1. The number of hydrogen-bond acceptors (Lipinski definition) is 5. The molecule has 1 aromatic heterocycles. The fourth-order valence-corrected chi connectivity index (χ4v) is 4.93. The molecule has 0 aliphatic carbocycles. The second-order valence-electron chi connectivity index (χ2n) is 6.77. The summed E-state index contributed by atoms with van der Waals surface area (Å²) in [6, 6.07) is 4.84. The lowest BCUT2D eigenvalue weighted by Gasteiger charge is -2.40. The minimum absolute atomic E-state index is 0.00601. The highest BCUT2D eigenvalue weighted by Crippen LogP contribution is 2.34. The number of aryl methyl sites for hydroxylation is 1. The van der Waals surface area contributed by atoms with E-state index < -0.39 is 0 Å². The van der Waals surface area contributed by atoms with Gasteiger partial charge in [-0.15, -0.1) is 11.3 Å². The van der Waals surface area contributed by atoms with Crippen molar-refractivity contribution in [2.24, 2.45) is 5.92 Å². The molecule has 4 heterocycles. The largest absolute Gasteiger partial charge is 0.377 e. The predicted molar refractivity (Wildman–Crippen MR) is 88.0 cm³/mol. The molecule has 3 saturated heterocycles. The molecule has 4 rings (SSSR count). The van der Waals surface area contributed by atoms with E-state index >= 15 is 0 Å². The number of nitrogens with zero attached hydrogens (tertiary/aromatic N) is 2. The summed E-state index contributed by atoms with van der Waals surface area (Å²) in [4.78, 5) is 23.4. The maximum atomic E-state index is 12.7. The van der Waals surface area contributed by atoms with Crippen LogP contribution in [-0.2, 0) is 20.9 Å². The van der Waals surface area contributed by atoms with Gasteiger partial charge < -0.3 is 4.74 Å². The van der Waals surface area contributed by atoms with Gasteiger partial charge in [0.1, 0.15) is 0 Å². The molecule has 0 saturated carbocycles. The van der Waals surface area contributed by atoms with Crippen LogP contribution in [0, 0.1) is 12.8 Å². The van der Waals surface area contributed by atoms with Crippen molar-refractivity contribution >= 4 is 17.2 Å². The molecule has 3 aliphatic heterocycles. The summed E-state index contributed by atoms with van der Waals surface area (Å²) in [5.74, 6) is 0.136. The van der Waals surface area contributed by atoms with Crippen LogP contribution in [0.3, 0.4) is 0 Å². The lowest BCUT2D eigenvalue weighted by Crippen LogP contribution is -2.52. The zero-order valence-electron chi connectivity index (χ0n) is 13.6. The van der Waals surface area contributed by atoms with Crippen LogP contribution in [0.25, 0.3) is 0 Å². The number of hydroxylamine groups is 2. The minimum atomic E-state index is -0.00601. The molecule has 0 unspecified atom stereocenters. The van der Waals surface area contributed by atoms with E-state index in [1.165, 1.54) is 9.75 Å². The third-order valence-electron chi connectivity index (χ3n) is 5.12. The van der Waals surface area contributed by atoms with E-state index in [1.807, 2.05) is 11.3 Å². The third-order valence-corrected chi connectivity index (χ3v) is 6.10. The first kappa shape index (κ1) is 15.6. The van der Waals surface area contributed by atoms with Gasteiger partial charge in [0.25, 0.3) is 5.91 Å². The fraction of sp³-hybridized carbons (Fsp3) is 0.706. The average Bonchev–Trinajstić information content (AvgIpc) is 3.27. The fourth-order valence-electron chi connectivity index (χ4n) is 4.01. The molecule has 0 bridgehead atoms. The van der Waals surface area contributed by atoms with E-state index in [2.05, 4.69) is 24.0 Å². The van der Waals surface area contributed by atoms with Crippen LogP contribution >= 0.6 is 11.3 Å². The molecule has 5 nitrogen and oxygen atoms in total. The smallest absolute Gasteiger partial charge is 0.250 e. The van der Waals surface area contributed by atoms with Gasteiger partial charge in [-0.2, -0.15) is 0 Å². The standard InChI is InChI=1S/C17H24N2O3S/c1-12-3-4-14(23-12)11-18-10-13(9-16-15(18)5-8-21-16)17(20)19-6-2-7-22-19/h3-4,13,15-16H,2,5-11H2,1H3/t13-,15-,16-/m0/s1. The Morgan fingerprint density at radius 3 is 3.04 bits per heavy atom. The summed E-state index contributed by atoms with van der Waals surface area (Å²) in [6.45, 7) is 6.10. The summed E-state index contributed by atoms with van der Waals surface area (Å²) < 4.78 is 5.92. The molecule has 3 fully saturated rings. The van der Waals surface area contributed by atoms with Crippen molar-refractivity contribution in [3.05, 3.63) is 21.9 Å². The third kappa shape index (κ3) is 3.18. The van der Waals surface area contributed by atoms with Crippen LogP contribution in [0.2, 0.25) is 0 Å². The van der Waals surface area contributed by atoms with Crippen molar-refractivity contribution < 1.29 is 14.4 Å². The van der Waals surface area contributed by atoms with E-state index in [9.17, 15) is 4.79 Å². The number of likely N-dealkylation sites (tertiary alicyclic amines) is 1. The Balaban J connectivity index is 1.48. The number of carbonyl (C=O) groups excluding carboxylic acids is 1. The van der Waals surface area contributed by atoms with Gasteiger partial charge in [0, 0.05) is 35.5 Å². The summed E-state index contributed by atoms with van der Waals surface area (Å²) >= 11 is 1.85. The van der Waals surface area contributed by atoms with Crippen LogP contribution in [0.5, 0.6) is 0 Å². The molecular formula is C17H24N2O3S. The van der Waals surface area contributed by atoms with Crippen molar-refractivity contribution in [2.75, 3.05) is 26.3 Å². The number of ether oxygens (including phenoxy) is 1. The molecule has 3 atom stereocenters. The molecule has 23 heavy (non-hydrogen) atoms. The minimum Gasteiger partial charge on any atom is -0.377 e. The van der Waals surface area contributed by atoms with Crippen molar-refractivity contribution in [2.45, 2.75) is 44.9 Å². The van der Waals surface area contributed by atoms with Crippen molar-refractivity contribution in [1.82, 2.24) is 9.96 Å². The highest BCUT2D eigenvalue weighted by Gasteiger charge is 2.43. The van der Waals surface area contributed by atoms with E-state index in [4.69, 9.17) is 9.57 Å². The van der Waals surface area contributed by atoms with Gasteiger partial charge in [-0.3, -0.25) is 14.5 Å². The highest BCUT2D eigenvalue weighted by molar-refractivity contribution is 7.11. The Bertz CT molecular complexity index is 570. The van der Waals surface area contributed by atoms with Crippen LogP contribution in [-0.4, -0.2) is 54.3 Å². The SMILES string of the molecule is Cc1ccc(CN2C[C@@H](C(=O)N3CCCO3)C[C@@H]3OCC[C@@H]32)s1. The number of piperidine rings is 1. The number of hydrogen-bond donors (Lipinski definition) is 0. The molecule has 6 heteroatoms. The quantitative estimate of drug-likeness (QED) is 0.849. The van der Waals surface area contributed by atoms with Crippen molar-refractivity contribution in [1.29, 1.82) is 0 Å². The van der Waals surface area contributed by atoms with Gasteiger partial charge >= 0.3 is 0 Å². The van der Waals surface area contributed by atoms with Gasteiger partial charge in [0.2, 0.25) is 0 Å². The second-order valence-corrected chi connectivity index (χ2v) is 8.14. The lowest BCUT2D eigenvalue weighted by atomic mass is 9.89. The molecule has 1 aromatic rings. The molecule has 3 aliphatic rings. The Morgan fingerprint density at radius 1 is 1.39 bits per heavy atom. The van der Waals surface area contributed by atoms with Gasteiger partial charge in [0.05, 0.1) is 25.2 Å². The predicted octanol–water partition coefficient (Wildman–Crippen LogP) is 2.20. The molecular weight excluding hydrogens is 312 g/mol. The second kappa shape index (κ2) is 6.51. The van der Waals surface area contributed by atoms with Gasteiger partial charge in [-0.05, 0) is 38.3 Å². The van der Waals surface area contributed by atoms with E-state index in [1.54, 1.807) is 5.06 Å². The Labute approximate surface area is 141 Å². The van der Waals surface area contributed by atoms with Crippen LogP contribution in [0.1, 0.15) is 29.0 Å². The zero-order valence-corrected chi connectivity index (χ0v) is 14.4. The Morgan fingerprint density at radius 2 is 2.30 bits per heavy atom. The number of thiophene rings is 1. The van der Waals surface area contributed by atoms with Crippen LogP contribution in [0.15, 0.2) is 12.1 Å². The number of rotatable bonds is 3. The summed E-state index contributed by atoms with van der Waals surface area (Å²) in [5, 5.41) is 1.58. The van der Waals surface area contributed by atoms with Gasteiger partial charge in [-0.25, -0.2) is 5.06 Å². The first-order valence-corrected chi connectivity index (χ1v) is 9.37. The van der Waals surface area contributed by atoms with Crippen LogP contribution in [0.4, 0.5) is 0 Å². The van der Waals surface area contributed by atoms with Gasteiger partial charge in [-0.1, -0.05) is 0 Å². The summed E-state index contributed by atoms with van der Waals surface area (Å²) in [7, 11) is 0. The van der Waals surface area contributed by atoms with E-state index in [0.717, 1.165) is 45.5 Å². The first-order valence-electron chi connectivity index (χ1n) is 8.56. The van der Waals surface area contributed by atoms with Crippen LogP contribution < -0.4 is 0 Å². The highest BCUT2D eigenvalue weighted by atomic mass is 32.1.